The van der Waals surface area contributed by atoms with Gasteiger partial charge in [-0.1, -0.05) is 0 Å². The summed E-state index contributed by atoms with van der Waals surface area (Å²) in [5, 5.41) is 12.1. The van der Waals surface area contributed by atoms with Crippen molar-refractivity contribution in [3.8, 4) is 11.8 Å². The van der Waals surface area contributed by atoms with Gasteiger partial charge in [0.05, 0.1) is 19.3 Å². The van der Waals surface area contributed by atoms with E-state index in [0.717, 1.165) is 12.1 Å². The van der Waals surface area contributed by atoms with Gasteiger partial charge in [-0.2, -0.15) is 5.26 Å². The lowest BCUT2D eigenvalue weighted by atomic mass is 10.0. The number of anilines is 2. The summed E-state index contributed by atoms with van der Waals surface area (Å²) in [7, 11) is 3.45. The van der Waals surface area contributed by atoms with E-state index in [-0.39, 0.29) is 34.8 Å². The molecule has 1 atom stereocenters. The molecule has 0 unspecified atom stereocenters. The van der Waals surface area contributed by atoms with Gasteiger partial charge in [0, 0.05) is 44.9 Å². The second kappa shape index (κ2) is 12.0. The molecule has 3 amide bonds. The zero-order chi connectivity index (χ0) is 27.2. The Kier molecular flexibility index (Phi) is 8.50. The standard InChI is InChI=1S/C26H31N7O5/c1-17(16-37-3)38-22-10-23(28-12-20(22)11-27)30-26(36)33-6-4-5-18-9-19(21(15-34)29-25(18)33)13-32-8-7-31(2)14-24(32)35/h9-10,12,15,17H,4-8,13-14,16H2,1-3H3,(H,28,30,36)/t17-/m1/s1. The second-order valence-electron chi connectivity index (χ2n) is 9.43. The van der Waals surface area contributed by atoms with Gasteiger partial charge in [0.1, 0.15) is 40.8 Å². The molecule has 200 valence electrons. The van der Waals surface area contributed by atoms with Gasteiger partial charge in [-0.15, -0.1) is 0 Å². The third-order valence-electron chi connectivity index (χ3n) is 6.45. The maximum absolute atomic E-state index is 13.3. The largest absolute Gasteiger partial charge is 0.487 e. The number of carbonyl (C=O) groups excluding carboxylic acids is 3. The molecule has 0 aliphatic carbocycles. The molecular weight excluding hydrogens is 490 g/mol. The van der Waals surface area contributed by atoms with Crippen LogP contribution in [-0.4, -0.2) is 91.0 Å². The highest BCUT2D eigenvalue weighted by atomic mass is 16.5. The van der Waals surface area contributed by atoms with Crippen LogP contribution in [-0.2, 0) is 22.5 Å². The van der Waals surface area contributed by atoms with Crippen molar-refractivity contribution >= 4 is 29.9 Å². The molecule has 2 aromatic heterocycles. The number of pyridine rings is 2. The van der Waals surface area contributed by atoms with Crippen molar-refractivity contribution in [3.63, 3.8) is 0 Å². The van der Waals surface area contributed by atoms with Crippen molar-refractivity contribution in [1.82, 2.24) is 19.8 Å². The molecule has 12 heteroatoms. The number of piperazine rings is 1. The highest BCUT2D eigenvalue weighted by Crippen LogP contribution is 2.29. The summed E-state index contributed by atoms with van der Waals surface area (Å²) < 4.78 is 10.9. The van der Waals surface area contributed by atoms with Crippen molar-refractivity contribution < 1.29 is 23.9 Å². The Morgan fingerprint density at radius 1 is 1.32 bits per heavy atom. The number of carbonyl (C=O) groups is 3. The number of nitriles is 1. The van der Waals surface area contributed by atoms with E-state index in [1.54, 1.807) is 18.9 Å². The van der Waals surface area contributed by atoms with Gasteiger partial charge in [0.2, 0.25) is 5.91 Å². The Bertz CT molecular complexity index is 1260. The Labute approximate surface area is 221 Å². The molecule has 0 spiro atoms. The van der Waals surface area contributed by atoms with Crippen LogP contribution in [0.3, 0.4) is 0 Å². The van der Waals surface area contributed by atoms with Gasteiger partial charge >= 0.3 is 6.03 Å². The first-order chi connectivity index (χ1) is 18.3. The highest BCUT2D eigenvalue weighted by Gasteiger charge is 2.28. The van der Waals surface area contributed by atoms with Gasteiger partial charge in [0.25, 0.3) is 0 Å². The summed E-state index contributed by atoms with van der Waals surface area (Å²) in [4.78, 5) is 51.5. The number of likely N-dealkylation sites (N-methyl/N-ethyl adjacent to an activating group) is 1. The molecule has 2 aliphatic heterocycles. The maximum Gasteiger partial charge on any atom is 0.328 e. The van der Waals surface area contributed by atoms with Crippen LogP contribution in [0, 0.1) is 11.3 Å². The lowest BCUT2D eigenvalue weighted by molar-refractivity contribution is -0.136. The molecule has 12 nitrogen and oxygen atoms in total. The topological polar surface area (TPSA) is 141 Å². The van der Waals surface area contributed by atoms with Crippen LogP contribution in [0.4, 0.5) is 16.4 Å². The molecule has 4 rings (SSSR count). The first-order valence-corrected chi connectivity index (χ1v) is 12.4. The summed E-state index contributed by atoms with van der Waals surface area (Å²) in [5.41, 5.74) is 1.94. The van der Waals surface area contributed by atoms with Crippen molar-refractivity contribution in [2.45, 2.75) is 32.4 Å². The van der Waals surface area contributed by atoms with Crippen LogP contribution in [0.2, 0.25) is 0 Å². The van der Waals surface area contributed by atoms with E-state index >= 15 is 0 Å². The van der Waals surface area contributed by atoms with Gasteiger partial charge < -0.3 is 14.4 Å². The minimum Gasteiger partial charge on any atom is -0.487 e. The van der Waals surface area contributed by atoms with Crippen LogP contribution >= 0.6 is 0 Å². The monoisotopic (exact) mass is 521 g/mol. The summed E-state index contributed by atoms with van der Waals surface area (Å²) >= 11 is 0. The van der Waals surface area contributed by atoms with E-state index in [2.05, 4.69) is 15.3 Å². The second-order valence-corrected chi connectivity index (χ2v) is 9.43. The molecule has 0 bridgehead atoms. The number of hydrogen-bond acceptors (Lipinski definition) is 9. The fourth-order valence-corrected chi connectivity index (χ4v) is 4.53. The minimum atomic E-state index is -0.467. The number of aldehydes is 1. The van der Waals surface area contributed by atoms with E-state index in [4.69, 9.17) is 9.47 Å². The molecule has 4 heterocycles. The number of aryl methyl sites for hydroxylation is 1. The molecule has 2 aliphatic rings. The van der Waals surface area contributed by atoms with E-state index in [1.165, 1.54) is 17.2 Å². The van der Waals surface area contributed by atoms with E-state index < -0.39 is 6.03 Å². The van der Waals surface area contributed by atoms with Gasteiger partial charge in [-0.3, -0.25) is 24.7 Å². The minimum absolute atomic E-state index is 0.00389. The first kappa shape index (κ1) is 27.0. The smallest absolute Gasteiger partial charge is 0.328 e. The summed E-state index contributed by atoms with van der Waals surface area (Å²) in [6.07, 6.45) is 3.09. The number of urea groups is 1. The van der Waals surface area contributed by atoms with E-state index in [1.807, 2.05) is 24.1 Å². The molecule has 0 saturated carbocycles. The fourth-order valence-electron chi connectivity index (χ4n) is 4.53. The number of amides is 3. The van der Waals surface area contributed by atoms with Crippen molar-refractivity contribution in [1.29, 1.82) is 5.26 Å². The number of hydrogen-bond donors (Lipinski definition) is 1. The number of rotatable bonds is 8. The van der Waals surface area contributed by atoms with Crippen LogP contribution in [0.15, 0.2) is 18.3 Å². The Balaban J connectivity index is 1.54. The number of ether oxygens (including phenoxy) is 2. The third kappa shape index (κ3) is 6.07. The van der Waals surface area contributed by atoms with Crippen molar-refractivity contribution in [2.24, 2.45) is 0 Å². The lowest BCUT2D eigenvalue weighted by Gasteiger charge is -2.33. The van der Waals surface area contributed by atoms with Crippen LogP contribution < -0.4 is 15.0 Å². The Morgan fingerprint density at radius 2 is 2.13 bits per heavy atom. The number of aromatic nitrogens is 2. The predicted octanol–water partition coefficient (Wildman–Crippen LogP) is 1.83. The molecule has 38 heavy (non-hydrogen) atoms. The molecule has 1 saturated heterocycles. The Morgan fingerprint density at radius 3 is 2.84 bits per heavy atom. The Hall–Kier alpha value is -4.08. The van der Waals surface area contributed by atoms with Gasteiger partial charge in [-0.05, 0) is 38.4 Å². The average Bonchev–Trinajstić information content (AvgIpc) is 2.89. The zero-order valence-electron chi connectivity index (χ0n) is 21.8. The number of nitrogens with zero attached hydrogens (tertiary/aromatic N) is 6. The summed E-state index contributed by atoms with van der Waals surface area (Å²) in [6, 6.07) is 4.93. The van der Waals surface area contributed by atoms with E-state index in [9.17, 15) is 19.6 Å². The highest BCUT2D eigenvalue weighted by molar-refractivity contribution is 6.01. The van der Waals surface area contributed by atoms with Gasteiger partial charge in [-0.25, -0.2) is 14.8 Å². The molecule has 1 N–H and O–H groups in total. The zero-order valence-corrected chi connectivity index (χ0v) is 21.8. The number of nitrogens with one attached hydrogen (secondary N) is 1. The van der Waals surface area contributed by atoms with Crippen molar-refractivity contribution in [2.75, 3.05) is 57.2 Å². The predicted molar refractivity (Wildman–Crippen MR) is 138 cm³/mol. The molecule has 0 aromatic carbocycles. The third-order valence-corrected chi connectivity index (χ3v) is 6.45. The van der Waals surface area contributed by atoms with E-state index in [0.29, 0.717) is 63.3 Å². The first-order valence-electron chi connectivity index (χ1n) is 12.4. The SMILES string of the molecule is COC[C@@H](C)Oc1cc(NC(=O)N2CCCc3cc(CN4CCN(C)CC4=O)c(C=O)nc32)ncc1C#N. The fraction of sp³-hybridized carbons (Fsp3) is 0.462. The van der Waals surface area contributed by atoms with Crippen LogP contribution in [0.1, 0.15) is 40.5 Å². The lowest BCUT2D eigenvalue weighted by Crippen LogP contribution is -2.48. The van der Waals surface area contributed by atoms with Gasteiger partial charge in [0.15, 0.2) is 6.29 Å². The molecule has 1 fully saturated rings. The van der Waals surface area contributed by atoms with Crippen molar-refractivity contribution in [3.05, 3.63) is 40.7 Å². The molecule has 2 aromatic rings. The molecular formula is C26H31N7O5. The van der Waals surface area contributed by atoms with Crippen LogP contribution in [0.5, 0.6) is 5.75 Å². The van der Waals surface area contributed by atoms with Crippen LogP contribution in [0.25, 0.3) is 0 Å². The number of fused-ring (bicyclic) bond motifs is 1. The average molecular weight is 522 g/mol. The maximum atomic E-state index is 13.3. The number of methoxy groups -OCH3 is 1. The normalized spacial score (nSPS) is 16.4. The quantitative estimate of drug-likeness (QED) is 0.515. The summed E-state index contributed by atoms with van der Waals surface area (Å²) in [6.45, 7) is 4.51. The molecule has 0 radical (unpaired) electrons. The summed E-state index contributed by atoms with van der Waals surface area (Å²) in [5.74, 6) is 0.903.